The van der Waals surface area contributed by atoms with Crippen LogP contribution in [0.25, 0.3) is 0 Å². The fraction of sp³-hybridized carbons (Fsp3) is 0.348. The Kier molecular flexibility index (Phi) is 7.91. The van der Waals surface area contributed by atoms with Gasteiger partial charge in [0.1, 0.15) is 5.41 Å². The molecule has 0 amide bonds. The SMILES string of the molecule is C=COC(=O)C1(c2ccc(C(=O)OC)cc2)C=CC(CC)=C(CC)C1(C(=O)OP)C(F)(F)F. The number of carbonyl (C=O) groups excluding carboxylic acids is 3. The number of alkyl halides is 3. The zero-order valence-corrected chi connectivity index (χ0v) is 19.5. The van der Waals surface area contributed by atoms with Gasteiger partial charge in [0, 0.05) is 0 Å². The Bertz CT molecular complexity index is 1010. The van der Waals surface area contributed by atoms with Crippen molar-refractivity contribution in [2.75, 3.05) is 7.11 Å². The fourth-order valence-corrected chi connectivity index (χ4v) is 4.62. The van der Waals surface area contributed by atoms with Crippen LogP contribution < -0.4 is 0 Å². The van der Waals surface area contributed by atoms with Crippen molar-refractivity contribution >= 4 is 27.4 Å². The van der Waals surface area contributed by atoms with Crippen LogP contribution in [0.3, 0.4) is 0 Å². The molecule has 0 saturated carbocycles. The zero-order chi connectivity index (χ0) is 25.0. The minimum atomic E-state index is -5.28. The summed E-state index contributed by atoms with van der Waals surface area (Å²) in [6, 6.07) is 4.72. The van der Waals surface area contributed by atoms with Gasteiger partial charge in [-0.05, 0) is 41.7 Å². The number of esters is 2. The lowest BCUT2D eigenvalue weighted by Crippen LogP contribution is -2.64. The van der Waals surface area contributed by atoms with Gasteiger partial charge in [-0.1, -0.05) is 44.7 Å². The number of benzene rings is 1. The predicted molar refractivity (Wildman–Crippen MR) is 117 cm³/mol. The number of ether oxygens (including phenoxy) is 2. The van der Waals surface area contributed by atoms with Crippen molar-refractivity contribution in [1.29, 1.82) is 0 Å². The smallest absolute Gasteiger partial charge is 0.410 e. The molecule has 0 aromatic heterocycles. The average Bonchev–Trinajstić information content (AvgIpc) is 2.81. The molecule has 3 atom stereocenters. The molecule has 1 aromatic rings. The van der Waals surface area contributed by atoms with Crippen LogP contribution in [0.1, 0.15) is 42.6 Å². The number of carbonyl (C=O) groups is 3. The number of allylic oxidation sites excluding steroid dienone is 2. The van der Waals surface area contributed by atoms with Crippen molar-refractivity contribution in [3.05, 3.63) is 71.5 Å². The molecule has 1 aliphatic rings. The van der Waals surface area contributed by atoms with E-state index in [1.165, 1.54) is 34.6 Å². The van der Waals surface area contributed by atoms with Gasteiger partial charge in [0.25, 0.3) is 0 Å². The molecule has 1 aliphatic carbocycles. The van der Waals surface area contributed by atoms with Crippen LogP contribution in [-0.4, -0.2) is 31.2 Å². The van der Waals surface area contributed by atoms with Crippen molar-refractivity contribution in [2.45, 2.75) is 38.3 Å². The van der Waals surface area contributed by atoms with E-state index in [0.717, 1.165) is 25.3 Å². The Hall–Kier alpha value is -2.93. The van der Waals surface area contributed by atoms with Crippen LogP contribution in [0.5, 0.6) is 0 Å². The normalized spacial score (nSPS) is 22.5. The topological polar surface area (TPSA) is 78.9 Å². The summed E-state index contributed by atoms with van der Waals surface area (Å²) in [4.78, 5) is 38.3. The number of halogens is 3. The van der Waals surface area contributed by atoms with E-state index in [1.807, 2.05) is 0 Å². The summed E-state index contributed by atoms with van der Waals surface area (Å²) in [7, 11) is 2.68. The highest BCUT2D eigenvalue weighted by atomic mass is 31.0. The Balaban J connectivity index is 3.10. The summed E-state index contributed by atoms with van der Waals surface area (Å²) in [5.41, 5.74) is -6.40. The van der Waals surface area contributed by atoms with E-state index in [0.29, 0.717) is 6.26 Å². The summed E-state index contributed by atoms with van der Waals surface area (Å²) < 4.78 is 59.5. The predicted octanol–water partition coefficient (Wildman–Crippen LogP) is 4.97. The van der Waals surface area contributed by atoms with E-state index in [2.05, 4.69) is 15.8 Å². The molecule has 0 radical (unpaired) electrons. The molecule has 0 bridgehead atoms. The Morgan fingerprint density at radius 3 is 2.12 bits per heavy atom. The Labute approximate surface area is 191 Å². The van der Waals surface area contributed by atoms with E-state index in [-0.39, 0.29) is 35.1 Å². The van der Waals surface area contributed by atoms with Crippen LogP contribution in [0.2, 0.25) is 0 Å². The molecule has 0 aliphatic heterocycles. The Morgan fingerprint density at radius 2 is 1.70 bits per heavy atom. The lowest BCUT2D eigenvalue weighted by atomic mass is 9.52. The molecule has 0 heterocycles. The van der Waals surface area contributed by atoms with Crippen LogP contribution in [0.15, 0.2) is 60.4 Å². The molecule has 3 unspecified atom stereocenters. The number of rotatable bonds is 7. The number of methoxy groups -OCH3 is 1. The standard InChI is InChI=1S/C23H24F3O6P/c1-5-14-12-13-21(19(28)31-7-3,16-10-8-15(9-11-16)18(27)30-4)22(17(14)6-2,20(29)32-33)23(24,25)26/h7-13H,3,5-6,33H2,1-2,4H3. The molecule has 0 fully saturated rings. The largest absolute Gasteiger partial charge is 0.465 e. The van der Waals surface area contributed by atoms with Crippen molar-refractivity contribution < 1.29 is 41.6 Å². The van der Waals surface area contributed by atoms with Gasteiger partial charge in [-0.25, -0.2) is 4.79 Å². The maximum atomic E-state index is 15.1. The molecular formula is C23H24F3O6P. The van der Waals surface area contributed by atoms with Crippen LogP contribution in [-0.2, 0) is 29.0 Å². The first-order valence-corrected chi connectivity index (χ1v) is 10.4. The molecule has 2 rings (SSSR count). The molecule has 0 saturated heterocycles. The van der Waals surface area contributed by atoms with E-state index >= 15 is 13.2 Å². The van der Waals surface area contributed by atoms with Gasteiger partial charge in [-0.15, -0.1) is 0 Å². The maximum absolute atomic E-state index is 15.1. The van der Waals surface area contributed by atoms with E-state index < -0.39 is 34.9 Å². The number of hydrogen-bond acceptors (Lipinski definition) is 6. The fourth-order valence-electron chi connectivity index (χ4n) is 4.44. The molecular weight excluding hydrogens is 460 g/mol. The van der Waals surface area contributed by atoms with Crippen molar-refractivity contribution in [2.24, 2.45) is 5.41 Å². The molecule has 0 N–H and O–H groups in total. The molecule has 33 heavy (non-hydrogen) atoms. The first-order chi connectivity index (χ1) is 15.5. The molecule has 6 nitrogen and oxygen atoms in total. The van der Waals surface area contributed by atoms with Gasteiger partial charge < -0.3 is 14.0 Å². The van der Waals surface area contributed by atoms with Crippen molar-refractivity contribution in [3.8, 4) is 0 Å². The molecule has 10 heteroatoms. The first kappa shape index (κ1) is 26.3. The van der Waals surface area contributed by atoms with E-state index in [1.54, 1.807) is 6.92 Å². The van der Waals surface area contributed by atoms with Crippen LogP contribution in [0.4, 0.5) is 13.2 Å². The van der Waals surface area contributed by atoms with Gasteiger partial charge in [-0.2, -0.15) is 13.2 Å². The van der Waals surface area contributed by atoms with E-state index in [9.17, 15) is 14.4 Å². The molecule has 0 spiro atoms. The summed E-state index contributed by atoms with van der Waals surface area (Å²) in [6.07, 6.45) is -2.21. The van der Waals surface area contributed by atoms with Gasteiger partial charge in [-0.3, -0.25) is 9.59 Å². The van der Waals surface area contributed by atoms with Crippen molar-refractivity contribution in [3.63, 3.8) is 0 Å². The summed E-state index contributed by atoms with van der Waals surface area (Å²) in [6.45, 7) is 6.38. The second-order valence-corrected chi connectivity index (χ2v) is 7.38. The molecule has 1 aromatic carbocycles. The van der Waals surface area contributed by atoms with E-state index in [4.69, 9.17) is 4.74 Å². The monoisotopic (exact) mass is 484 g/mol. The van der Waals surface area contributed by atoms with Gasteiger partial charge in [0.15, 0.2) is 0 Å². The second kappa shape index (κ2) is 9.91. The van der Waals surface area contributed by atoms with Crippen LogP contribution in [0, 0.1) is 5.41 Å². The highest BCUT2D eigenvalue weighted by Gasteiger charge is 2.77. The third-order valence-corrected chi connectivity index (χ3v) is 6.03. The molecule has 178 valence electrons. The highest BCUT2D eigenvalue weighted by Crippen LogP contribution is 2.62. The maximum Gasteiger partial charge on any atom is 0.410 e. The highest BCUT2D eigenvalue weighted by molar-refractivity contribution is 7.10. The third kappa shape index (κ3) is 3.88. The lowest BCUT2D eigenvalue weighted by Gasteiger charge is -2.49. The second-order valence-electron chi connectivity index (χ2n) is 7.15. The third-order valence-electron chi connectivity index (χ3n) is 5.81. The minimum absolute atomic E-state index is 0.0417. The van der Waals surface area contributed by atoms with Gasteiger partial charge in [0.05, 0.1) is 28.4 Å². The average molecular weight is 484 g/mol. The number of hydrogen-bond donors (Lipinski definition) is 0. The van der Waals surface area contributed by atoms with Gasteiger partial charge >= 0.3 is 24.1 Å². The summed E-state index contributed by atoms with van der Waals surface area (Å²) >= 11 is 0. The zero-order valence-electron chi connectivity index (χ0n) is 18.3. The summed E-state index contributed by atoms with van der Waals surface area (Å²) in [5, 5.41) is 0. The first-order valence-electron chi connectivity index (χ1n) is 9.93. The minimum Gasteiger partial charge on any atom is -0.465 e. The van der Waals surface area contributed by atoms with Crippen molar-refractivity contribution in [1.82, 2.24) is 0 Å². The lowest BCUT2D eigenvalue weighted by molar-refractivity contribution is -0.236. The quantitative estimate of drug-likeness (QED) is 0.309. The Morgan fingerprint density at radius 1 is 1.09 bits per heavy atom. The van der Waals surface area contributed by atoms with Gasteiger partial charge in [0.2, 0.25) is 5.41 Å². The summed E-state index contributed by atoms with van der Waals surface area (Å²) in [5.74, 6) is -3.80. The van der Waals surface area contributed by atoms with Crippen LogP contribution >= 0.6 is 9.47 Å².